The van der Waals surface area contributed by atoms with E-state index in [9.17, 15) is 4.39 Å². The first-order valence-electron chi connectivity index (χ1n) is 8.39. The Hall–Kier alpha value is -2.22. The molecule has 23 heavy (non-hydrogen) atoms. The SMILES string of the molecule is CC.Cc1c(C2CC2)nc2ccccc2c1-c1ccc(F)cc1. The van der Waals surface area contributed by atoms with Gasteiger partial charge in [0.1, 0.15) is 5.82 Å². The first kappa shape index (κ1) is 15.7. The van der Waals surface area contributed by atoms with Gasteiger partial charge in [0.25, 0.3) is 0 Å². The molecule has 0 radical (unpaired) electrons. The number of hydrogen-bond acceptors (Lipinski definition) is 1. The average molecular weight is 307 g/mol. The monoisotopic (exact) mass is 307 g/mol. The number of rotatable bonds is 2. The van der Waals surface area contributed by atoms with Crippen molar-refractivity contribution in [1.29, 1.82) is 0 Å². The lowest BCUT2D eigenvalue weighted by atomic mass is 9.94. The van der Waals surface area contributed by atoms with Crippen LogP contribution in [-0.4, -0.2) is 4.98 Å². The van der Waals surface area contributed by atoms with Crippen molar-refractivity contribution in [3.05, 3.63) is 65.6 Å². The maximum absolute atomic E-state index is 13.2. The van der Waals surface area contributed by atoms with E-state index in [-0.39, 0.29) is 5.82 Å². The molecule has 1 heterocycles. The third-order valence-corrected chi connectivity index (χ3v) is 4.27. The minimum Gasteiger partial charge on any atom is -0.252 e. The summed E-state index contributed by atoms with van der Waals surface area (Å²) in [6, 6.07) is 15.0. The van der Waals surface area contributed by atoms with Gasteiger partial charge in [-0.05, 0) is 54.7 Å². The summed E-state index contributed by atoms with van der Waals surface area (Å²) in [5.41, 5.74) is 5.75. The quantitative estimate of drug-likeness (QED) is 0.545. The second kappa shape index (κ2) is 6.49. The highest BCUT2D eigenvalue weighted by atomic mass is 19.1. The molecule has 1 saturated carbocycles. The van der Waals surface area contributed by atoms with Crippen LogP contribution in [0.3, 0.4) is 0 Å². The van der Waals surface area contributed by atoms with Gasteiger partial charge in [-0.25, -0.2) is 4.39 Å². The Morgan fingerprint density at radius 1 is 0.957 bits per heavy atom. The Morgan fingerprint density at radius 3 is 2.26 bits per heavy atom. The van der Waals surface area contributed by atoms with Crippen molar-refractivity contribution >= 4 is 10.9 Å². The summed E-state index contributed by atoms with van der Waals surface area (Å²) in [5, 5.41) is 1.14. The maximum atomic E-state index is 13.2. The second-order valence-corrected chi connectivity index (χ2v) is 5.80. The van der Waals surface area contributed by atoms with E-state index in [1.165, 1.54) is 41.8 Å². The van der Waals surface area contributed by atoms with Gasteiger partial charge in [0.2, 0.25) is 0 Å². The van der Waals surface area contributed by atoms with Crippen LogP contribution in [0.25, 0.3) is 22.0 Å². The first-order chi connectivity index (χ1) is 11.2. The van der Waals surface area contributed by atoms with Crippen LogP contribution in [0, 0.1) is 12.7 Å². The lowest BCUT2D eigenvalue weighted by molar-refractivity contribution is 0.628. The fourth-order valence-electron chi connectivity index (χ4n) is 3.07. The molecule has 2 heteroatoms. The molecular weight excluding hydrogens is 285 g/mol. The normalized spacial score (nSPS) is 13.6. The second-order valence-electron chi connectivity index (χ2n) is 5.80. The lowest BCUT2D eigenvalue weighted by Gasteiger charge is -2.14. The van der Waals surface area contributed by atoms with E-state index in [0.29, 0.717) is 5.92 Å². The Labute approximate surface area is 137 Å². The van der Waals surface area contributed by atoms with Crippen molar-refractivity contribution in [2.45, 2.75) is 39.5 Å². The van der Waals surface area contributed by atoms with Crippen LogP contribution in [0.5, 0.6) is 0 Å². The van der Waals surface area contributed by atoms with Crippen molar-refractivity contribution in [2.75, 3.05) is 0 Å². The van der Waals surface area contributed by atoms with E-state index in [0.717, 1.165) is 16.5 Å². The molecule has 1 fully saturated rings. The van der Waals surface area contributed by atoms with E-state index in [2.05, 4.69) is 19.1 Å². The van der Waals surface area contributed by atoms with E-state index in [4.69, 9.17) is 4.98 Å². The fourth-order valence-corrected chi connectivity index (χ4v) is 3.07. The summed E-state index contributed by atoms with van der Waals surface area (Å²) in [6.45, 7) is 6.14. The number of nitrogens with zero attached hydrogens (tertiary/aromatic N) is 1. The van der Waals surface area contributed by atoms with Gasteiger partial charge < -0.3 is 0 Å². The molecular formula is C21H22FN. The average Bonchev–Trinajstić information content (AvgIpc) is 3.42. The molecule has 1 aliphatic rings. The molecule has 0 N–H and O–H groups in total. The van der Waals surface area contributed by atoms with Crippen LogP contribution >= 0.6 is 0 Å². The lowest BCUT2D eigenvalue weighted by Crippen LogP contribution is -1.97. The molecule has 0 saturated heterocycles. The largest absolute Gasteiger partial charge is 0.252 e. The van der Waals surface area contributed by atoms with Gasteiger partial charge in [0.15, 0.2) is 0 Å². The maximum Gasteiger partial charge on any atom is 0.123 e. The molecule has 0 amide bonds. The van der Waals surface area contributed by atoms with E-state index in [1.807, 2.05) is 38.1 Å². The number of para-hydroxylation sites is 1. The molecule has 1 aliphatic carbocycles. The summed E-state index contributed by atoms with van der Waals surface area (Å²) >= 11 is 0. The Kier molecular flexibility index (Phi) is 4.42. The predicted molar refractivity (Wildman–Crippen MR) is 95.2 cm³/mol. The van der Waals surface area contributed by atoms with Gasteiger partial charge in [0, 0.05) is 17.0 Å². The molecule has 0 aliphatic heterocycles. The van der Waals surface area contributed by atoms with Crippen molar-refractivity contribution < 1.29 is 4.39 Å². The summed E-state index contributed by atoms with van der Waals surface area (Å²) < 4.78 is 13.2. The topological polar surface area (TPSA) is 12.9 Å². The summed E-state index contributed by atoms with van der Waals surface area (Å²) in [4.78, 5) is 4.87. The molecule has 0 spiro atoms. The van der Waals surface area contributed by atoms with Crippen molar-refractivity contribution in [1.82, 2.24) is 4.98 Å². The molecule has 1 aromatic heterocycles. The van der Waals surface area contributed by atoms with Gasteiger partial charge >= 0.3 is 0 Å². The van der Waals surface area contributed by atoms with Gasteiger partial charge in [-0.1, -0.05) is 44.2 Å². The minimum absolute atomic E-state index is 0.197. The number of hydrogen-bond donors (Lipinski definition) is 0. The number of fused-ring (bicyclic) bond motifs is 1. The van der Waals surface area contributed by atoms with Crippen molar-refractivity contribution in [3.63, 3.8) is 0 Å². The van der Waals surface area contributed by atoms with Crippen molar-refractivity contribution in [2.24, 2.45) is 0 Å². The standard InChI is InChI=1S/C19H16FN.C2H6/c1-12-18(13-8-10-15(20)11-9-13)16-4-2-3-5-17(16)21-19(12)14-6-7-14;1-2/h2-5,8-11,14H,6-7H2,1H3;1-2H3. The molecule has 3 aromatic rings. The Bertz CT molecular complexity index is 817. The van der Waals surface area contributed by atoms with Crippen LogP contribution in [0.1, 0.15) is 43.9 Å². The van der Waals surface area contributed by atoms with Gasteiger partial charge in [0.05, 0.1) is 5.52 Å². The van der Waals surface area contributed by atoms with Crippen molar-refractivity contribution in [3.8, 4) is 11.1 Å². The van der Waals surface area contributed by atoms with E-state index < -0.39 is 0 Å². The highest BCUT2D eigenvalue weighted by Gasteiger charge is 2.28. The highest BCUT2D eigenvalue weighted by molar-refractivity contribution is 5.96. The molecule has 0 bridgehead atoms. The van der Waals surface area contributed by atoms with Gasteiger partial charge in [-0.3, -0.25) is 4.98 Å². The van der Waals surface area contributed by atoms with E-state index in [1.54, 1.807) is 0 Å². The Morgan fingerprint density at radius 2 is 1.61 bits per heavy atom. The zero-order valence-electron chi connectivity index (χ0n) is 13.9. The van der Waals surface area contributed by atoms with Gasteiger partial charge in [-0.15, -0.1) is 0 Å². The summed E-state index contributed by atoms with van der Waals surface area (Å²) in [5.74, 6) is 0.408. The molecule has 0 atom stereocenters. The van der Waals surface area contributed by atoms with Crippen LogP contribution in [0.2, 0.25) is 0 Å². The highest BCUT2D eigenvalue weighted by Crippen LogP contribution is 2.44. The molecule has 2 aromatic carbocycles. The summed E-state index contributed by atoms with van der Waals surface area (Å²) in [7, 11) is 0. The van der Waals surface area contributed by atoms with Crippen LogP contribution in [0.15, 0.2) is 48.5 Å². The van der Waals surface area contributed by atoms with E-state index >= 15 is 0 Å². The molecule has 4 rings (SSSR count). The first-order valence-corrected chi connectivity index (χ1v) is 8.39. The number of halogens is 1. The predicted octanol–water partition coefficient (Wildman–Crippen LogP) is 6.25. The van der Waals surface area contributed by atoms with Gasteiger partial charge in [-0.2, -0.15) is 0 Å². The smallest absolute Gasteiger partial charge is 0.123 e. The fraction of sp³-hybridized carbons (Fsp3) is 0.286. The zero-order valence-corrected chi connectivity index (χ0v) is 13.9. The summed E-state index contributed by atoms with van der Waals surface area (Å²) in [6.07, 6.45) is 2.46. The number of benzene rings is 2. The minimum atomic E-state index is -0.197. The molecule has 1 nitrogen and oxygen atoms in total. The third-order valence-electron chi connectivity index (χ3n) is 4.27. The van der Waals surface area contributed by atoms with Crippen LogP contribution in [-0.2, 0) is 0 Å². The zero-order chi connectivity index (χ0) is 16.4. The Balaban J connectivity index is 0.000000753. The number of aromatic nitrogens is 1. The van der Waals surface area contributed by atoms with Crippen LogP contribution in [0.4, 0.5) is 4.39 Å². The molecule has 0 unspecified atom stereocenters. The third kappa shape index (κ3) is 2.98. The van der Waals surface area contributed by atoms with Crippen LogP contribution < -0.4 is 0 Å². The molecule has 118 valence electrons. The number of pyridine rings is 1.